The minimum absolute atomic E-state index is 0.0677. The molecule has 112 valence electrons. The van der Waals surface area contributed by atoms with E-state index in [4.69, 9.17) is 0 Å². The Kier molecular flexibility index (Phi) is 3.80. The highest BCUT2D eigenvalue weighted by atomic mass is 32.1. The maximum absolute atomic E-state index is 12.7. The molecule has 6 heteroatoms. The first-order valence-electron chi connectivity index (χ1n) is 7.41. The van der Waals surface area contributed by atoms with Crippen molar-refractivity contribution < 1.29 is 4.79 Å². The van der Waals surface area contributed by atoms with Gasteiger partial charge in [0, 0.05) is 17.3 Å². The molecule has 1 aliphatic rings. The third-order valence-corrected chi connectivity index (χ3v) is 4.98. The summed E-state index contributed by atoms with van der Waals surface area (Å²) in [6.07, 6.45) is 1.84. The van der Waals surface area contributed by atoms with Gasteiger partial charge in [0.1, 0.15) is 5.82 Å². The summed E-state index contributed by atoms with van der Waals surface area (Å²) in [5.41, 5.74) is 1.29. The molecule has 2 aromatic heterocycles. The van der Waals surface area contributed by atoms with Gasteiger partial charge in [-0.1, -0.05) is 20.8 Å². The summed E-state index contributed by atoms with van der Waals surface area (Å²) in [7, 11) is 0. The van der Waals surface area contributed by atoms with E-state index in [1.807, 2.05) is 18.7 Å². The number of H-pyrrole nitrogens is 1. The van der Waals surface area contributed by atoms with E-state index in [9.17, 15) is 4.79 Å². The molecule has 1 aliphatic heterocycles. The summed E-state index contributed by atoms with van der Waals surface area (Å²) in [5.74, 6) is 1.23. The van der Waals surface area contributed by atoms with Gasteiger partial charge in [0.25, 0.3) is 5.91 Å². The highest BCUT2D eigenvalue weighted by Crippen LogP contribution is 2.35. The van der Waals surface area contributed by atoms with Crippen LogP contribution in [0.5, 0.6) is 0 Å². The number of amides is 1. The molecule has 0 saturated heterocycles. The van der Waals surface area contributed by atoms with Crippen LogP contribution in [-0.4, -0.2) is 32.5 Å². The lowest BCUT2D eigenvalue weighted by atomic mass is 9.97. The fourth-order valence-electron chi connectivity index (χ4n) is 2.84. The third kappa shape index (κ3) is 2.48. The Morgan fingerprint density at radius 3 is 3.05 bits per heavy atom. The zero-order chi connectivity index (χ0) is 15.0. The van der Waals surface area contributed by atoms with Crippen LogP contribution >= 0.6 is 11.3 Å². The number of thiophene rings is 1. The topological polar surface area (TPSA) is 61.9 Å². The molecule has 3 heterocycles. The maximum Gasteiger partial charge on any atom is 0.294 e. The van der Waals surface area contributed by atoms with Crippen LogP contribution in [0.4, 0.5) is 0 Å². The summed E-state index contributed by atoms with van der Waals surface area (Å²) in [6.45, 7) is 6.93. The Hall–Kier alpha value is -1.69. The lowest BCUT2D eigenvalue weighted by Gasteiger charge is -2.34. The molecule has 0 spiro atoms. The van der Waals surface area contributed by atoms with Crippen LogP contribution in [0.3, 0.4) is 0 Å². The van der Waals surface area contributed by atoms with Crippen LogP contribution in [0.25, 0.3) is 0 Å². The quantitative estimate of drug-likeness (QED) is 0.947. The molecule has 1 amide bonds. The smallest absolute Gasteiger partial charge is 0.294 e. The first-order chi connectivity index (χ1) is 10.1. The Morgan fingerprint density at radius 2 is 2.38 bits per heavy atom. The first kappa shape index (κ1) is 14.3. The van der Waals surface area contributed by atoms with Gasteiger partial charge >= 0.3 is 0 Å². The Bertz CT molecular complexity index is 646. The van der Waals surface area contributed by atoms with Crippen molar-refractivity contribution >= 4 is 17.2 Å². The van der Waals surface area contributed by atoms with Gasteiger partial charge in [0.05, 0.1) is 6.04 Å². The number of carbonyl (C=O) groups is 1. The minimum atomic E-state index is -0.0677. The van der Waals surface area contributed by atoms with Gasteiger partial charge in [-0.05, 0) is 29.9 Å². The van der Waals surface area contributed by atoms with Crippen molar-refractivity contribution in [3.63, 3.8) is 0 Å². The third-order valence-electron chi connectivity index (χ3n) is 3.98. The molecule has 2 aromatic rings. The zero-order valence-electron chi connectivity index (χ0n) is 12.6. The zero-order valence-corrected chi connectivity index (χ0v) is 13.4. The lowest BCUT2D eigenvalue weighted by Crippen LogP contribution is -2.39. The number of carbonyl (C=O) groups excluding carboxylic acids is 1. The van der Waals surface area contributed by atoms with Gasteiger partial charge in [0.2, 0.25) is 5.82 Å². The molecular weight excluding hydrogens is 284 g/mol. The van der Waals surface area contributed by atoms with Crippen LogP contribution in [-0.2, 0) is 6.42 Å². The molecule has 1 atom stereocenters. The van der Waals surface area contributed by atoms with E-state index in [0.717, 1.165) is 25.2 Å². The first-order valence-corrected chi connectivity index (χ1v) is 8.29. The fraction of sp³-hybridized carbons (Fsp3) is 0.533. The van der Waals surface area contributed by atoms with Crippen molar-refractivity contribution in [1.29, 1.82) is 0 Å². The molecule has 0 fully saturated rings. The molecule has 21 heavy (non-hydrogen) atoms. The summed E-state index contributed by atoms with van der Waals surface area (Å²) in [4.78, 5) is 20.4. The van der Waals surface area contributed by atoms with E-state index in [0.29, 0.717) is 0 Å². The van der Waals surface area contributed by atoms with E-state index < -0.39 is 0 Å². The Morgan fingerprint density at radius 1 is 1.57 bits per heavy atom. The van der Waals surface area contributed by atoms with Gasteiger partial charge in [-0.25, -0.2) is 4.98 Å². The Balaban J connectivity index is 1.87. The standard InChI is InChI=1S/C15H20N4OS/c1-4-11-10-6-8-21-12(10)5-7-19(11)15(20)14-16-13(9(2)3)17-18-14/h6,8-9,11H,4-5,7H2,1-3H3,(H,16,17,18). The molecule has 0 bridgehead atoms. The number of hydrogen-bond acceptors (Lipinski definition) is 4. The summed E-state index contributed by atoms with van der Waals surface area (Å²) in [5, 5.41) is 9.08. The SMILES string of the molecule is CCC1c2ccsc2CCN1C(=O)c1n[nH]c(C(C)C)n1. The van der Waals surface area contributed by atoms with Crippen molar-refractivity contribution in [2.24, 2.45) is 0 Å². The predicted octanol–water partition coefficient (Wildman–Crippen LogP) is 3.14. The van der Waals surface area contributed by atoms with Gasteiger partial charge in [-0.15, -0.1) is 16.4 Å². The molecule has 1 unspecified atom stereocenters. The monoisotopic (exact) mass is 304 g/mol. The summed E-state index contributed by atoms with van der Waals surface area (Å²) in [6, 6.07) is 2.29. The van der Waals surface area contributed by atoms with Crippen molar-refractivity contribution in [3.05, 3.63) is 33.5 Å². The van der Waals surface area contributed by atoms with Crippen molar-refractivity contribution in [1.82, 2.24) is 20.1 Å². The molecule has 0 radical (unpaired) electrons. The molecule has 0 aromatic carbocycles. The second-order valence-corrected chi connectivity index (χ2v) is 6.67. The van der Waals surface area contributed by atoms with Gasteiger partial charge in [-0.3, -0.25) is 9.89 Å². The molecule has 0 saturated carbocycles. The van der Waals surface area contributed by atoms with Crippen LogP contribution in [0.15, 0.2) is 11.4 Å². The number of hydrogen-bond donors (Lipinski definition) is 1. The van der Waals surface area contributed by atoms with Crippen LogP contribution in [0.1, 0.15) is 66.0 Å². The van der Waals surface area contributed by atoms with Crippen molar-refractivity contribution in [3.8, 4) is 0 Å². The van der Waals surface area contributed by atoms with Gasteiger partial charge in [0.15, 0.2) is 0 Å². The molecule has 1 N–H and O–H groups in total. The van der Waals surface area contributed by atoms with Crippen LogP contribution < -0.4 is 0 Å². The molecular formula is C15H20N4OS. The van der Waals surface area contributed by atoms with Crippen molar-refractivity contribution in [2.75, 3.05) is 6.54 Å². The van der Waals surface area contributed by atoms with Gasteiger partial charge < -0.3 is 4.90 Å². The highest BCUT2D eigenvalue weighted by Gasteiger charge is 2.32. The molecule has 0 aliphatic carbocycles. The van der Waals surface area contributed by atoms with E-state index in [-0.39, 0.29) is 23.7 Å². The number of aromatic amines is 1. The summed E-state index contributed by atoms with van der Waals surface area (Å²) >= 11 is 1.79. The van der Waals surface area contributed by atoms with Gasteiger partial charge in [-0.2, -0.15) is 0 Å². The predicted molar refractivity (Wildman–Crippen MR) is 82.6 cm³/mol. The summed E-state index contributed by atoms with van der Waals surface area (Å²) < 4.78 is 0. The number of nitrogens with one attached hydrogen (secondary N) is 1. The van der Waals surface area contributed by atoms with Crippen LogP contribution in [0, 0.1) is 0 Å². The normalized spacial score (nSPS) is 18.1. The average molecular weight is 304 g/mol. The second-order valence-electron chi connectivity index (χ2n) is 5.67. The van der Waals surface area contributed by atoms with Crippen molar-refractivity contribution in [2.45, 2.75) is 45.6 Å². The van der Waals surface area contributed by atoms with E-state index in [1.165, 1.54) is 10.4 Å². The number of rotatable bonds is 3. The Labute approximate surface area is 128 Å². The van der Waals surface area contributed by atoms with E-state index >= 15 is 0 Å². The largest absolute Gasteiger partial charge is 0.328 e. The average Bonchev–Trinajstić information content (AvgIpc) is 3.13. The second kappa shape index (κ2) is 5.60. The highest BCUT2D eigenvalue weighted by molar-refractivity contribution is 7.10. The number of aromatic nitrogens is 3. The minimum Gasteiger partial charge on any atom is -0.328 e. The lowest BCUT2D eigenvalue weighted by molar-refractivity contribution is 0.0645. The van der Waals surface area contributed by atoms with E-state index in [1.54, 1.807) is 11.3 Å². The fourth-order valence-corrected chi connectivity index (χ4v) is 3.76. The maximum atomic E-state index is 12.7. The molecule has 5 nitrogen and oxygen atoms in total. The molecule has 3 rings (SSSR count). The number of fused-ring (bicyclic) bond motifs is 1. The van der Waals surface area contributed by atoms with Crippen LogP contribution in [0.2, 0.25) is 0 Å². The van der Waals surface area contributed by atoms with E-state index in [2.05, 4.69) is 33.6 Å². The number of nitrogens with zero attached hydrogens (tertiary/aromatic N) is 3.